The molecule has 0 aliphatic carbocycles. The third-order valence-corrected chi connectivity index (χ3v) is 2.59. The van der Waals surface area contributed by atoms with Gasteiger partial charge in [0.15, 0.2) is 0 Å². The zero-order valence-corrected chi connectivity index (χ0v) is 10.1. The molecule has 0 bridgehead atoms. The van der Waals surface area contributed by atoms with Crippen LogP contribution in [0.3, 0.4) is 0 Å². The Morgan fingerprint density at radius 3 is 2.56 bits per heavy atom. The van der Waals surface area contributed by atoms with E-state index in [2.05, 4.69) is 9.97 Å². The zero-order valence-electron chi connectivity index (χ0n) is 9.33. The van der Waals surface area contributed by atoms with Gasteiger partial charge in [0.2, 0.25) is 0 Å². The van der Waals surface area contributed by atoms with Crippen LogP contribution in [0, 0.1) is 17.0 Å². The first-order chi connectivity index (χ1) is 8.56. The van der Waals surface area contributed by atoms with E-state index in [-0.39, 0.29) is 11.7 Å². The van der Waals surface area contributed by atoms with E-state index in [0.29, 0.717) is 10.8 Å². The predicted octanol–water partition coefficient (Wildman–Crippen LogP) is 3.14. The van der Waals surface area contributed by atoms with Crippen molar-refractivity contribution in [3.05, 3.63) is 51.3 Å². The van der Waals surface area contributed by atoms with E-state index < -0.39 is 4.92 Å². The fourth-order valence-electron chi connectivity index (χ4n) is 1.24. The first-order valence-corrected chi connectivity index (χ1v) is 5.34. The summed E-state index contributed by atoms with van der Waals surface area (Å²) in [6.45, 7) is 1.84. The maximum atomic E-state index is 10.4. The number of aromatic nitrogens is 2. The Hall–Kier alpha value is -2.21. The van der Waals surface area contributed by atoms with Gasteiger partial charge >= 0.3 is 11.7 Å². The number of nitrogens with zero attached hydrogens (tertiary/aromatic N) is 3. The van der Waals surface area contributed by atoms with Crippen molar-refractivity contribution >= 4 is 17.3 Å². The van der Waals surface area contributed by atoms with Gasteiger partial charge < -0.3 is 4.74 Å². The third-order valence-electron chi connectivity index (χ3n) is 2.16. The molecule has 2 aromatic rings. The topological polar surface area (TPSA) is 78.2 Å². The summed E-state index contributed by atoms with van der Waals surface area (Å²) in [5, 5.41) is 11.1. The molecule has 0 aliphatic heterocycles. The van der Waals surface area contributed by atoms with Crippen molar-refractivity contribution in [2.45, 2.75) is 6.92 Å². The fraction of sp³-hybridized carbons (Fsp3) is 0.0909. The molecule has 0 aliphatic rings. The van der Waals surface area contributed by atoms with Gasteiger partial charge in [-0.15, -0.1) is 0 Å². The molecule has 0 saturated heterocycles. The van der Waals surface area contributed by atoms with Crippen LogP contribution < -0.4 is 4.74 Å². The largest absolute Gasteiger partial charge is 0.424 e. The summed E-state index contributed by atoms with van der Waals surface area (Å²) in [6, 6.07) is 5.13. The number of nitro groups is 1. The Kier molecular flexibility index (Phi) is 3.38. The first kappa shape index (κ1) is 12.3. The van der Waals surface area contributed by atoms with Crippen molar-refractivity contribution in [2.24, 2.45) is 0 Å². The second-order valence-electron chi connectivity index (χ2n) is 3.49. The molecule has 18 heavy (non-hydrogen) atoms. The van der Waals surface area contributed by atoms with Crippen molar-refractivity contribution in [1.82, 2.24) is 9.97 Å². The van der Waals surface area contributed by atoms with Gasteiger partial charge in [0.1, 0.15) is 18.1 Å². The minimum Gasteiger partial charge on any atom is -0.424 e. The highest BCUT2D eigenvalue weighted by molar-refractivity contribution is 6.31. The highest BCUT2D eigenvalue weighted by Gasteiger charge is 2.08. The Labute approximate surface area is 107 Å². The number of hydrogen-bond acceptors (Lipinski definition) is 5. The highest BCUT2D eigenvalue weighted by atomic mass is 35.5. The van der Waals surface area contributed by atoms with E-state index in [1.165, 1.54) is 0 Å². The summed E-state index contributed by atoms with van der Waals surface area (Å²) in [5.74, 6) is 0.519. The number of benzene rings is 1. The molecule has 2 rings (SSSR count). The Morgan fingerprint density at radius 1 is 1.33 bits per heavy atom. The first-order valence-electron chi connectivity index (χ1n) is 4.96. The average molecular weight is 266 g/mol. The SMILES string of the molecule is Cc1cc(Oc2ncc([N+](=O)[O-])cn2)ccc1Cl. The molecule has 1 aromatic carbocycles. The Morgan fingerprint density at radius 2 is 2.00 bits per heavy atom. The van der Waals surface area contributed by atoms with Crippen LogP contribution in [-0.2, 0) is 0 Å². The van der Waals surface area contributed by atoms with Gasteiger partial charge in [-0.3, -0.25) is 10.1 Å². The van der Waals surface area contributed by atoms with Crippen molar-refractivity contribution in [1.29, 1.82) is 0 Å². The molecule has 7 heteroatoms. The van der Waals surface area contributed by atoms with Crippen molar-refractivity contribution < 1.29 is 9.66 Å². The van der Waals surface area contributed by atoms with E-state index in [4.69, 9.17) is 16.3 Å². The van der Waals surface area contributed by atoms with E-state index in [1.807, 2.05) is 6.92 Å². The summed E-state index contributed by atoms with van der Waals surface area (Å²) in [6.07, 6.45) is 2.18. The number of hydrogen-bond donors (Lipinski definition) is 0. The van der Waals surface area contributed by atoms with Crippen LogP contribution in [0.15, 0.2) is 30.6 Å². The molecule has 0 unspecified atom stereocenters. The summed E-state index contributed by atoms with van der Waals surface area (Å²) in [4.78, 5) is 17.3. The summed E-state index contributed by atoms with van der Waals surface area (Å²) in [7, 11) is 0. The van der Waals surface area contributed by atoms with E-state index >= 15 is 0 Å². The van der Waals surface area contributed by atoms with Gasteiger partial charge in [-0.25, -0.2) is 0 Å². The number of halogens is 1. The summed E-state index contributed by atoms with van der Waals surface area (Å²) in [5.41, 5.74) is 0.672. The minimum absolute atomic E-state index is 0.0438. The van der Waals surface area contributed by atoms with Crippen LogP contribution in [0.4, 0.5) is 5.69 Å². The molecule has 92 valence electrons. The van der Waals surface area contributed by atoms with Crippen LogP contribution in [0.25, 0.3) is 0 Å². The van der Waals surface area contributed by atoms with Gasteiger partial charge in [0, 0.05) is 5.02 Å². The smallest absolute Gasteiger partial charge is 0.322 e. The predicted molar refractivity (Wildman–Crippen MR) is 64.9 cm³/mol. The van der Waals surface area contributed by atoms with Crippen LogP contribution >= 0.6 is 11.6 Å². The second-order valence-corrected chi connectivity index (χ2v) is 3.90. The molecule has 0 atom stereocenters. The lowest BCUT2D eigenvalue weighted by molar-refractivity contribution is -0.385. The number of rotatable bonds is 3. The second kappa shape index (κ2) is 4.97. The Bertz CT molecular complexity index is 587. The number of aryl methyl sites for hydroxylation is 1. The highest BCUT2D eigenvalue weighted by Crippen LogP contribution is 2.24. The molecule has 0 amide bonds. The molecule has 1 aromatic heterocycles. The summed E-state index contributed by atoms with van der Waals surface area (Å²) < 4.78 is 5.35. The molecular formula is C11H8ClN3O3. The van der Waals surface area contributed by atoms with Crippen LogP contribution in [0.5, 0.6) is 11.8 Å². The standard InChI is InChI=1S/C11H8ClN3O3/c1-7-4-9(2-3-10(7)12)18-11-13-5-8(6-14-11)15(16)17/h2-6H,1H3. The van der Waals surface area contributed by atoms with Gasteiger partial charge in [-0.05, 0) is 30.7 Å². The molecule has 1 heterocycles. The maximum absolute atomic E-state index is 10.4. The molecule has 0 fully saturated rings. The van der Waals surface area contributed by atoms with Gasteiger partial charge in [-0.1, -0.05) is 11.6 Å². The van der Waals surface area contributed by atoms with Crippen LogP contribution in [-0.4, -0.2) is 14.9 Å². The Balaban J connectivity index is 2.18. The number of ether oxygens (including phenoxy) is 1. The fourth-order valence-corrected chi connectivity index (χ4v) is 1.36. The molecular weight excluding hydrogens is 258 g/mol. The lowest BCUT2D eigenvalue weighted by Crippen LogP contribution is -1.94. The lowest BCUT2D eigenvalue weighted by atomic mass is 10.2. The lowest BCUT2D eigenvalue weighted by Gasteiger charge is -2.04. The van der Waals surface area contributed by atoms with Gasteiger partial charge in [-0.2, -0.15) is 9.97 Å². The molecule has 0 spiro atoms. The zero-order chi connectivity index (χ0) is 13.1. The van der Waals surface area contributed by atoms with Crippen LogP contribution in [0.2, 0.25) is 5.02 Å². The molecule has 6 nitrogen and oxygen atoms in total. The molecule has 0 N–H and O–H groups in total. The normalized spacial score (nSPS) is 10.1. The molecule has 0 saturated carbocycles. The van der Waals surface area contributed by atoms with E-state index in [9.17, 15) is 10.1 Å². The monoisotopic (exact) mass is 265 g/mol. The van der Waals surface area contributed by atoms with Gasteiger partial charge in [0.25, 0.3) is 0 Å². The van der Waals surface area contributed by atoms with E-state index in [0.717, 1.165) is 18.0 Å². The quantitative estimate of drug-likeness (QED) is 0.629. The summed E-state index contributed by atoms with van der Waals surface area (Å²) >= 11 is 5.88. The van der Waals surface area contributed by atoms with Crippen molar-refractivity contribution in [3.63, 3.8) is 0 Å². The molecule has 0 radical (unpaired) electrons. The van der Waals surface area contributed by atoms with Crippen molar-refractivity contribution in [3.8, 4) is 11.8 Å². The maximum Gasteiger partial charge on any atom is 0.322 e. The van der Waals surface area contributed by atoms with Crippen LogP contribution in [0.1, 0.15) is 5.56 Å². The minimum atomic E-state index is -0.573. The van der Waals surface area contributed by atoms with E-state index in [1.54, 1.807) is 18.2 Å². The average Bonchev–Trinajstić information content (AvgIpc) is 2.34. The third kappa shape index (κ3) is 2.72. The van der Waals surface area contributed by atoms with Gasteiger partial charge in [0.05, 0.1) is 4.92 Å². The van der Waals surface area contributed by atoms with Crippen molar-refractivity contribution in [2.75, 3.05) is 0 Å².